The maximum atomic E-state index is 13.3. The van der Waals surface area contributed by atoms with Crippen molar-refractivity contribution in [3.8, 4) is 0 Å². The molecule has 3 rings (SSSR count). The SMILES string of the molecule is COCCN1C(=O)c2ccccc2[C@@H](C(=O)NCC(C)C)C12CCCC2. The fraction of sp³-hybridized carbons (Fsp3) is 0.619. The summed E-state index contributed by atoms with van der Waals surface area (Å²) in [6.45, 7) is 5.84. The zero-order chi connectivity index (χ0) is 18.7. The van der Waals surface area contributed by atoms with Crippen LogP contribution in [0.5, 0.6) is 0 Å². The van der Waals surface area contributed by atoms with Crippen LogP contribution in [-0.2, 0) is 9.53 Å². The van der Waals surface area contributed by atoms with Gasteiger partial charge < -0.3 is 15.0 Å². The Labute approximate surface area is 156 Å². The number of hydrogen-bond donors (Lipinski definition) is 1. The molecule has 1 N–H and O–H groups in total. The van der Waals surface area contributed by atoms with Gasteiger partial charge in [-0.25, -0.2) is 0 Å². The number of methoxy groups -OCH3 is 1. The Balaban J connectivity index is 2.06. The van der Waals surface area contributed by atoms with Gasteiger partial charge in [-0.15, -0.1) is 0 Å². The quantitative estimate of drug-likeness (QED) is 0.850. The third kappa shape index (κ3) is 3.25. The first kappa shape index (κ1) is 18.9. The second kappa shape index (κ2) is 7.78. The number of amides is 2. The van der Waals surface area contributed by atoms with Crippen molar-refractivity contribution in [3.05, 3.63) is 35.4 Å². The number of rotatable bonds is 6. The summed E-state index contributed by atoms with van der Waals surface area (Å²) in [7, 11) is 1.65. The zero-order valence-electron chi connectivity index (χ0n) is 16.1. The lowest BCUT2D eigenvalue weighted by molar-refractivity contribution is -0.126. The molecule has 142 valence electrons. The summed E-state index contributed by atoms with van der Waals surface area (Å²) >= 11 is 0. The van der Waals surface area contributed by atoms with E-state index >= 15 is 0 Å². The van der Waals surface area contributed by atoms with Crippen molar-refractivity contribution in [1.82, 2.24) is 10.2 Å². The molecule has 1 aromatic rings. The van der Waals surface area contributed by atoms with Gasteiger partial charge in [-0.3, -0.25) is 9.59 Å². The number of ether oxygens (including phenoxy) is 1. The van der Waals surface area contributed by atoms with Gasteiger partial charge in [-0.1, -0.05) is 44.9 Å². The number of nitrogens with zero attached hydrogens (tertiary/aromatic N) is 1. The average Bonchev–Trinajstić information content (AvgIpc) is 3.10. The summed E-state index contributed by atoms with van der Waals surface area (Å²) in [6.07, 6.45) is 3.84. The third-order valence-electron chi connectivity index (χ3n) is 5.76. The second-order valence-corrected chi connectivity index (χ2v) is 7.92. The highest BCUT2D eigenvalue weighted by molar-refractivity contribution is 6.02. The molecule has 2 amide bonds. The van der Waals surface area contributed by atoms with Crippen LogP contribution in [-0.4, -0.2) is 49.1 Å². The topological polar surface area (TPSA) is 58.6 Å². The number of nitrogens with one attached hydrogen (secondary N) is 1. The first-order chi connectivity index (χ1) is 12.5. The highest BCUT2D eigenvalue weighted by Gasteiger charge is 2.55. The van der Waals surface area contributed by atoms with Crippen molar-refractivity contribution < 1.29 is 14.3 Å². The Morgan fingerprint density at radius 1 is 1.31 bits per heavy atom. The number of benzene rings is 1. The number of carbonyl (C=O) groups excluding carboxylic acids is 2. The summed E-state index contributed by atoms with van der Waals surface area (Å²) in [5, 5.41) is 3.13. The van der Waals surface area contributed by atoms with Crippen LogP contribution >= 0.6 is 0 Å². The van der Waals surface area contributed by atoms with Crippen LogP contribution in [0.1, 0.15) is 61.4 Å². The van der Waals surface area contributed by atoms with Gasteiger partial charge in [0.1, 0.15) is 0 Å². The molecule has 1 spiro atoms. The molecule has 5 heteroatoms. The lowest BCUT2D eigenvalue weighted by Gasteiger charge is -2.50. The Hall–Kier alpha value is -1.88. The highest BCUT2D eigenvalue weighted by atomic mass is 16.5. The molecule has 0 saturated heterocycles. The predicted molar refractivity (Wildman–Crippen MR) is 101 cm³/mol. The van der Waals surface area contributed by atoms with Crippen LogP contribution < -0.4 is 5.32 Å². The van der Waals surface area contributed by atoms with Crippen LogP contribution in [0.25, 0.3) is 0 Å². The molecule has 1 aliphatic carbocycles. The van der Waals surface area contributed by atoms with Crippen molar-refractivity contribution in [2.75, 3.05) is 26.8 Å². The maximum Gasteiger partial charge on any atom is 0.254 e. The largest absolute Gasteiger partial charge is 0.383 e. The molecule has 0 bridgehead atoms. The molecule has 1 saturated carbocycles. The molecule has 1 atom stereocenters. The van der Waals surface area contributed by atoms with Gasteiger partial charge in [-0.05, 0) is 30.4 Å². The summed E-state index contributed by atoms with van der Waals surface area (Å²) < 4.78 is 5.26. The smallest absolute Gasteiger partial charge is 0.254 e. The van der Waals surface area contributed by atoms with Gasteiger partial charge in [-0.2, -0.15) is 0 Å². The maximum absolute atomic E-state index is 13.3. The molecular formula is C21H30N2O3. The van der Waals surface area contributed by atoms with E-state index in [1.165, 1.54) is 0 Å². The van der Waals surface area contributed by atoms with Crippen LogP contribution in [0, 0.1) is 5.92 Å². The van der Waals surface area contributed by atoms with Gasteiger partial charge in [0.15, 0.2) is 0 Å². The van der Waals surface area contributed by atoms with Crippen molar-refractivity contribution in [2.24, 2.45) is 5.92 Å². The summed E-state index contributed by atoms with van der Waals surface area (Å²) in [5.41, 5.74) is 1.12. The van der Waals surface area contributed by atoms with E-state index in [4.69, 9.17) is 4.74 Å². The van der Waals surface area contributed by atoms with E-state index in [-0.39, 0.29) is 17.7 Å². The van der Waals surface area contributed by atoms with Gasteiger partial charge in [0.05, 0.1) is 18.1 Å². The van der Waals surface area contributed by atoms with E-state index in [0.29, 0.717) is 31.2 Å². The molecule has 0 unspecified atom stereocenters. The van der Waals surface area contributed by atoms with Crippen LogP contribution in [0.3, 0.4) is 0 Å². The van der Waals surface area contributed by atoms with E-state index < -0.39 is 5.54 Å². The molecule has 0 radical (unpaired) electrons. The van der Waals surface area contributed by atoms with Crippen LogP contribution in [0.2, 0.25) is 0 Å². The van der Waals surface area contributed by atoms with Crippen molar-refractivity contribution in [2.45, 2.75) is 51.0 Å². The minimum Gasteiger partial charge on any atom is -0.383 e. The normalized spacial score (nSPS) is 21.3. The van der Waals surface area contributed by atoms with Gasteiger partial charge in [0, 0.05) is 25.8 Å². The van der Waals surface area contributed by atoms with E-state index in [9.17, 15) is 9.59 Å². The zero-order valence-corrected chi connectivity index (χ0v) is 16.1. The standard InChI is InChI=1S/C21H30N2O3/c1-15(2)14-22-19(24)18-16-8-4-5-9-17(16)20(25)23(12-13-26-3)21(18)10-6-7-11-21/h4-5,8-9,15,18H,6-7,10-14H2,1-3H3,(H,22,24)/t18-/m0/s1. The third-order valence-corrected chi connectivity index (χ3v) is 5.76. The average molecular weight is 358 g/mol. The first-order valence-electron chi connectivity index (χ1n) is 9.69. The fourth-order valence-corrected chi connectivity index (χ4v) is 4.58. The molecule has 1 aliphatic heterocycles. The first-order valence-corrected chi connectivity index (χ1v) is 9.69. The molecule has 0 aromatic heterocycles. The molecule has 1 aromatic carbocycles. The molecule has 5 nitrogen and oxygen atoms in total. The lowest BCUT2D eigenvalue weighted by atomic mass is 9.71. The molecule has 2 aliphatic rings. The number of fused-ring (bicyclic) bond motifs is 1. The van der Waals surface area contributed by atoms with E-state index in [1.807, 2.05) is 29.2 Å². The van der Waals surface area contributed by atoms with E-state index in [1.54, 1.807) is 7.11 Å². The molecular weight excluding hydrogens is 328 g/mol. The fourth-order valence-electron chi connectivity index (χ4n) is 4.58. The van der Waals surface area contributed by atoms with Gasteiger partial charge >= 0.3 is 0 Å². The van der Waals surface area contributed by atoms with Gasteiger partial charge in [0.25, 0.3) is 5.91 Å². The molecule has 1 fully saturated rings. The molecule has 26 heavy (non-hydrogen) atoms. The molecule has 1 heterocycles. The number of hydrogen-bond acceptors (Lipinski definition) is 3. The van der Waals surface area contributed by atoms with Crippen LogP contribution in [0.4, 0.5) is 0 Å². The Morgan fingerprint density at radius 2 is 2.00 bits per heavy atom. The monoisotopic (exact) mass is 358 g/mol. The Kier molecular flexibility index (Phi) is 5.66. The Morgan fingerprint density at radius 3 is 2.65 bits per heavy atom. The van der Waals surface area contributed by atoms with Crippen molar-refractivity contribution >= 4 is 11.8 Å². The minimum atomic E-state index is -0.426. The van der Waals surface area contributed by atoms with Gasteiger partial charge in [0.2, 0.25) is 5.91 Å². The lowest BCUT2D eigenvalue weighted by Crippen LogP contribution is -2.61. The van der Waals surface area contributed by atoms with Crippen molar-refractivity contribution in [3.63, 3.8) is 0 Å². The van der Waals surface area contributed by atoms with E-state index in [2.05, 4.69) is 19.2 Å². The van der Waals surface area contributed by atoms with E-state index in [0.717, 1.165) is 31.2 Å². The minimum absolute atomic E-state index is 0.0347. The van der Waals surface area contributed by atoms with Crippen molar-refractivity contribution in [1.29, 1.82) is 0 Å². The summed E-state index contributed by atoms with van der Waals surface area (Å²) in [6, 6.07) is 7.62. The summed E-state index contributed by atoms with van der Waals surface area (Å²) in [5.74, 6) is 0.161. The highest BCUT2D eigenvalue weighted by Crippen LogP contribution is 2.50. The van der Waals surface area contributed by atoms with Crippen LogP contribution in [0.15, 0.2) is 24.3 Å². The number of carbonyl (C=O) groups is 2. The predicted octanol–water partition coefficient (Wildman–Crippen LogP) is 2.96. The summed E-state index contributed by atoms with van der Waals surface area (Å²) in [4.78, 5) is 28.5. The second-order valence-electron chi connectivity index (χ2n) is 7.92. The Bertz CT molecular complexity index is 665.